The third-order valence-corrected chi connectivity index (χ3v) is 5.00. The number of hydrogen-bond donors (Lipinski definition) is 1. The normalized spacial score (nSPS) is 37.2. The molecule has 17 heavy (non-hydrogen) atoms. The first-order valence-corrected chi connectivity index (χ1v) is 7.34. The highest BCUT2D eigenvalue weighted by atomic mass is 15.3. The van der Waals surface area contributed by atoms with Crippen LogP contribution < -0.4 is 5.73 Å². The summed E-state index contributed by atoms with van der Waals surface area (Å²) in [5.41, 5.74) is 6.40. The number of likely N-dealkylation sites (tertiary alicyclic amines) is 2. The molecule has 2 rings (SSSR count). The first-order chi connectivity index (χ1) is 8.20. The molecule has 0 radical (unpaired) electrons. The van der Waals surface area contributed by atoms with Crippen molar-refractivity contribution in [3.8, 4) is 0 Å². The number of hydrogen-bond acceptors (Lipinski definition) is 3. The Morgan fingerprint density at radius 2 is 2.06 bits per heavy atom. The van der Waals surface area contributed by atoms with Gasteiger partial charge >= 0.3 is 0 Å². The zero-order chi connectivity index (χ0) is 12.3. The molecule has 0 amide bonds. The van der Waals surface area contributed by atoms with Gasteiger partial charge in [0.2, 0.25) is 0 Å². The fourth-order valence-corrected chi connectivity index (χ4v) is 3.66. The lowest BCUT2D eigenvalue weighted by atomic mass is 9.95. The number of rotatable bonds is 3. The molecule has 3 heteroatoms. The second kappa shape index (κ2) is 5.68. The minimum atomic E-state index is 0.289. The second-order valence-electron chi connectivity index (χ2n) is 6.11. The Balaban J connectivity index is 2.00. The quantitative estimate of drug-likeness (QED) is 0.811. The summed E-state index contributed by atoms with van der Waals surface area (Å²) in [5.74, 6) is 0.953. The van der Waals surface area contributed by atoms with Gasteiger partial charge in [0.1, 0.15) is 0 Å². The first kappa shape index (κ1) is 13.3. The summed E-state index contributed by atoms with van der Waals surface area (Å²) in [6.45, 7) is 8.08. The van der Waals surface area contributed by atoms with Gasteiger partial charge in [-0.05, 0) is 58.3 Å². The van der Waals surface area contributed by atoms with E-state index in [1.54, 1.807) is 0 Å². The summed E-state index contributed by atoms with van der Waals surface area (Å²) >= 11 is 0. The molecule has 2 saturated heterocycles. The highest BCUT2D eigenvalue weighted by Crippen LogP contribution is 2.30. The second-order valence-corrected chi connectivity index (χ2v) is 6.11. The van der Waals surface area contributed by atoms with Crippen LogP contribution >= 0.6 is 0 Å². The van der Waals surface area contributed by atoms with Crippen molar-refractivity contribution in [1.82, 2.24) is 9.80 Å². The van der Waals surface area contributed by atoms with Crippen LogP contribution in [0.15, 0.2) is 0 Å². The fourth-order valence-electron chi connectivity index (χ4n) is 3.66. The maximum absolute atomic E-state index is 6.11. The Kier molecular flexibility index (Phi) is 4.45. The molecule has 2 atom stereocenters. The number of nitrogens with zero attached hydrogens (tertiary/aromatic N) is 2. The average Bonchev–Trinajstić information content (AvgIpc) is 2.59. The van der Waals surface area contributed by atoms with Crippen LogP contribution in [0.3, 0.4) is 0 Å². The molecule has 100 valence electrons. The van der Waals surface area contributed by atoms with Gasteiger partial charge in [-0.1, -0.05) is 13.3 Å². The van der Waals surface area contributed by atoms with Gasteiger partial charge in [0.05, 0.1) is 0 Å². The van der Waals surface area contributed by atoms with Crippen molar-refractivity contribution in [2.45, 2.75) is 44.6 Å². The molecule has 0 saturated carbocycles. The van der Waals surface area contributed by atoms with E-state index in [0.29, 0.717) is 0 Å². The smallest absolute Gasteiger partial charge is 0.0470 e. The van der Waals surface area contributed by atoms with E-state index < -0.39 is 0 Å². The van der Waals surface area contributed by atoms with Crippen molar-refractivity contribution in [3.63, 3.8) is 0 Å². The SMILES string of the molecule is CCC1CCCN(C2(CN)CCN(C)C2)CC1. The first-order valence-electron chi connectivity index (χ1n) is 7.34. The zero-order valence-electron chi connectivity index (χ0n) is 11.6. The molecule has 2 aliphatic rings. The predicted molar refractivity (Wildman–Crippen MR) is 73.1 cm³/mol. The molecule has 0 aromatic carbocycles. The number of nitrogens with two attached hydrogens (primary N) is 1. The van der Waals surface area contributed by atoms with E-state index in [1.165, 1.54) is 58.3 Å². The van der Waals surface area contributed by atoms with Crippen LogP contribution in [0.4, 0.5) is 0 Å². The van der Waals surface area contributed by atoms with Gasteiger partial charge in [-0.3, -0.25) is 4.90 Å². The van der Waals surface area contributed by atoms with E-state index in [1.807, 2.05) is 0 Å². The molecule has 2 unspecified atom stereocenters. The minimum absolute atomic E-state index is 0.289. The monoisotopic (exact) mass is 239 g/mol. The lowest BCUT2D eigenvalue weighted by molar-refractivity contribution is 0.104. The van der Waals surface area contributed by atoms with Gasteiger partial charge < -0.3 is 10.6 Å². The predicted octanol–water partition coefficient (Wildman–Crippen LogP) is 1.53. The summed E-state index contributed by atoms with van der Waals surface area (Å²) in [5, 5.41) is 0. The van der Waals surface area contributed by atoms with E-state index in [2.05, 4.69) is 23.8 Å². The molecule has 0 aromatic heterocycles. The van der Waals surface area contributed by atoms with Gasteiger partial charge in [-0.15, -0.1) is 0 Å². The third kappa shape index (κ3) is 2.83. The summed E-state index contributed by atoms with van der Waals surface area (Å²) in [6, 6.07) is 0. The van der Waals surface area contributed by atoms with Crippen molar-refractivity contribution < 1.29 is 0 Å². The summed E-state index contributed by atoms with van der Waals surface area (Å²) in [6.07, 6.45) is 6.77. The van der Waals surface area contributed by atoms with Gasteiger partial charge in [0.15, 0.2) is 0 Å². The van der Waals surface area contributed by atoms with E-state index in [9.17, 15) is 0 Å². The topological polar surface area (TPSA) is 32.5 Å². The van der Waals surface area contributed by atoms with Crippen LogP contribution in [0.1, 0.15) is 39.0 Å². The van der Waals surface area contributed by atoms with Gasteiger partial charge in [0.25, 0.3) is 0 Å². The summed E-state index contributed by atoms with van der Waals surface area (Å²) < 4.78 is 0. The Hall–Kier alpha value is -0.120. The highest BCUT2D eigenvalue weighted by Gasteiger charge is 2.40. The maximum atomic E-state index is 6.11. The molecule has 0 bridgehead atoms. The fraction of sp³-hybridized carbons (Fsp3) is 1.00. The lowest BCUT2D eigenvalue weighted by Gasteiger charge is -2.40. The molecule has 0 spiro atoms. The van der Waals surface area contributed by atoms with Crippen molar-refractivity contribution >= 4 is 0 Å². The summed E-state index contributed by atoms with van der Waals surface area (Å²) in [4.78, 5) is 5.15. The van der Waals surface area contributed by atoms with Crippen LogP contribution in [0, 0.1) is 5.92 Å². The Morgan fingerprint density at radius 1 is 1.24 bits per heavy atom. The molecule has 2 aliphatic heterocycles. The van der Waals surface area contributed by atoms with Crippen molar-refractivity contribution in [2.24, 2.45) is 11.7 Å². The van der Waals surface area contributed by atoms with E-state index in [0.717, 1.165) is 12.5 Å². The molecule has 3 nitrogen and oxygen atoms in total. The van der Waals surface area contributed by atoms with Gasteiger partial charge in [-0.25, -0.2) is 0 Å². The average molecular weight is 239 g/mol. The molecular weight excluding hydrogens is 210 g/mol. The van der Waals surface area contributed by atoms with E-state index in [4.69, 9.17) is 5.73 Å². The van der Waals surface area contributed by atoms with Crippen LogP contribution in [0.5, 0.6) is 0 Å². The van der Waals surface area contributed by atoms with Crippen molar-refractivity contribution in [3.05, 3.63) is 0 Å². The molecular formula is C14H29N3. The van der Waals surface area contributed by atoms with Crippen LogP contribution in [0.25, 0.3) is 0 Å². The van der Waals surface area contributed by atoms with Crippen LogP contribution in [0.2, 0.25) is 0 Å². The van der Waals surface area contributed by atoms with Gasteiger partial charge in [-0.2, -0.15) is 0 Å². The zero-order valence-corrected chi connectivity index (χ0v) is 11.6. The van der Waals surface area contributed by atoms with E-state index in [-0.39, 0.29) is 5.54 Å². The largest absolute Gasteiger partial charge is 0.329 e. The Morgan fingerprint density at radius 3 is 2.65 bits per heavy atom. The minimum Gasteiger partial charge on any atom is -0.329 e. The molecule has 2 fully saturated rings. The number of likely N-dealkylation sites (N-methyl/N-ethyl adjacent to an activating group) is 1. The van der Waals surface area contributed by atoms with E-state index >= 15 is 0 Å². The third-order valence-electron chi connectivity index (χ3n) is 5.00. The molecule has 0 aliphatic carbocycles. The Bertz CT molecular complexity index is 244. The van der Waals surface area contributed by atoms with Gasteiger partial charge in [0, 0.05) is 18.6 Å². The molecule has 2 N–H and O–H groups in total. The lowest BCUT2D eigenvalue weighted by Crippen LogP contribution is -2.55. The Labute approximate surface area is 106 Å². The highest BCUT2D eigenvalue weighted by molar-refractivity contribution is 4.99. The summed E-state index contributed by atoms with van der Waals surface area (Å²) in [7, 11) is 2.23. The van der Waals surface area contributed by atoms with Crippen LogP contribution in [-0.4, -0.2) is 55.1 Å². The van der Waals surface area contributed by atoms with Crippen molar-refractivity contribution in [2.75, 3.05) is 39.8 Å². The van der Waals surface area contributed by atoms with Crippen molar-refractivity contribution in [1.29, 1.82) is 0 Å². The maximum Gasteiger partial charge on any atom is 0.0470 e. The van der Waals surface area contributed by atoms with Crippen LogP contribution in [-0.2, 0) is 0 Å². The standard InChI is InChI=1S/C14H29N3/c1-3-13-5-4-8-17(9-6-13)14(11-15)7-10-16(2)12-14/h13H,3-12,15H2,1-2H3. The molecule has 0 aromatic rings. The molecule has 2 heterocycles.